The van der Waals surface area contributed by atoms with Crippen LogP contribution < -0.4 is 19.5 Å². The minimum absolute atomic E-state index is 0.377. The summed E-state index contributed by atoms with van der Waals surface area (Å²) < 4.78 is 24.0. The predicted octanol–water partition coefficient (Wildman–Crippen LogP) is 4.50. The van der Waals surface area contributed by atoms with Crippen molar-refractivity contribution in [2.24, 2.45) is 0 Å². The highest BCUT2D eigenvalue weighted by molar-refractivity contribution is 5.92. The molecule has 0 spiro atoms. The first-order chi connectivity index (χ1) is 16.1. The van der Waals surface area contributed by atoms with Crippen molar-refractivity contribution in [3.63, 3.8) is 0 Å². The second-order valence-electron chi connectivity index (χ2n) is 7.92. The number of methoxy groups -OCH3 is 3. The van der Waals surface area contributed by atoms with Crippen molar-refractivity contribution in [3.8, 4) is 17.2 Å². The number of carbonyl (C=O) groups is 1. The lowest BCUT2D eigenvalue weighted by atomic mass is 9.94. The van der Waals surface area contributed by atoms with E-state index in [1.165, 1.54) is 25.6 Å². The Morgan fingerprint density at radius 1 is 1.03 bits per heavy atom. The summed E-state index contributed by atoms with van der Waals surface area (Å²) in [6.45, 7) is 4.40. The number of nitrogens with one attached hydrogen (secondary N) is 1. The SMILES string of the molecule is CCCCCCCCOC(=O)C1=C(C)Nc2ncnn2[C@H]1c1ccc(OC)c(OC)c1OC. The van der Waals surface area contributed by atoms with Crippen LogP contribution in [0.5, 0.6) is 17.2 Å². The number of esters is 1. The van der Waals surface area contributed by atoms with Gasteiger partial charge in [-0.2, -0.15) is 10.1 Å². The summed E-state index contributed by atoms with van der Waals surface area (Å²) in [6.07, 6.45) is 8.16. The van der Waals surface area contributed by atoms with Crippen molar-refractivity contribution in [1.29, 1.82) is 0 Å². The third-order valence-electron chi connectivity index (χ3n) is 5.77. The maximum atomic E-state index is 13.3. The molecule has 1 aliphatic heterocycles. The number of aromatic nitrogens is 3. The lowest BCUT2D eigenvalue weighted by molar-refractivity contribution is -0.139. The molecule has 2 aromatic rings. The molecule has 0 bridgehead atoms. The zero-order chi connectivity index (χ0) is 23.8. The molecule has 3 rings (SSSR count). The van der Waals surface area contributed by atoms with E-state index >= 15 is 0 Å². The van der Waals surface area contributed by atoms with Crippen LogP contribution in [0.3, 0.4) is 0 Å². The van der Waals surface area contributed by atoms with Crippen LogP contribution in [0.2, 0.25) is 0 Å². The first kappa shape index (κ1) is 24.4. The molecule has 1 atom stereocenters. The molecule has 33 heavy (non-hydrogen) atoms. The summed E-state index contributed by atoms with van der Waals surface area (Å²) >= 11 is 0. The van der Waals surface area contributed by atoms with Gasteiger partial charge in [0.25, 0.3) is 0 Å². The molecule has 0 unspecified atom stereocenters. The van der Waals surface area contributed by atoms with Crippen LogP contribution >= 0.6 is 0 Å². The number of hydrogen-bond acceptors (Lipinski definition) is 8. The standard InChI is InChI=1S/C24H34N4O5/c1-6-7-8-9-10-11-14-33-23(29)19-16(2)27-24-25-15-26-28(24)20(19)17-12-13-18(30-3)22(32-5)21(17)31-4/h12-13,15,20H,6-11,14H2,1-5H3,(H,25,26,27)/t20-/m0/s1. The average Bonchev–Trinajstić information content (AvgIpc) is 3.29. The highest BCUT2D eigenvalue weighted by Gasteiger charge is 2.37. The van der Waals surface area contributed by atoms with Gasteiger partial charge in [-0.05, 0) is 25.5 Å². The van der Waals surface area contributed by atoms with Crippen molar-refractivity contribution in [2.75, 3.05) is 33.3 Å². The maximum absolute atomic E-state index is 13.3. The number of unbranched alkanes of at least 4 members (excludes halogenated alkanes) is 5. The molecule has 0 radical (unpaired) electrons. The van der Waals surface area contributed by atoms with Crippen LogP contribution in [0.4, 0.5) is 5.95 Å². The highest BCUT2D eigenvalue weighted by Crippen LogP contribution is 2.46. The lowest BCUT2D eigenvalue weighted by Gasteiger charge is -2.29. The first-order valence-corrected chi connectivity index (χ1v) is 11.4. The van der Waals surface area contributed by atoms with Gasteiger partial charge in [-0.15, -0.1) is 0 Å². The van der Waals surface area contributed by atoms with Gasteiger partial charge in [-0.1, -0.05) is 39.0 Å². The number of anilines is 1. The van der Waals surface area contributed by atoms with Gasteiger partial charge < -0.3 is 24.3 Å². The molecule has 1 aliphatic rings. The molecular weight excluding hydrogens is 424 g/mol. The number of fused-ring (bicyclic) bond motifs is 1. The number of hydrogen-bond donors (Lipinski definition) is 1. The molecule has 1 N–H and O–H groups in total. The van der Waals surface area contributed by atoms with E-state index in [9.17, 15) is 4.79 Å². The topological polar surface area (TPSA) is 96.7 Å². The molecule has 0 fully saturated rings. The third-order valence-corrected chi connectivity index (χ3v) is 5.77. The molecular formula is C24H34N4O5. The summed E-state index contributed by atoms with van der Waals surface area (Å²) in [5, 5.41) is 7.52. The summed E-state index contributed by atoms with van der Waals surface area (Å²) in [5.74, 6) is 1.56. The van der Waals surface area contributed by atoms with E-state index in [0.29, 0.717) is 46.6 Å². The quantitative estimate of drug-likeness (QED) is 0.367. The van der Waals surface area contributed by atoms with Crippen LogP contribution in [0.25, 0.3) is 0 Å². The Balaban J connectivity index is 1.90. The Hall–Kier alpha value is -3.23. The number of benzene rings is 1. The van der Waals surface area contributed by atoms with Crippen LogP contribution in [-0.2, 0) is 9.53 Å². The van der Waals surface area contributed by atoms with E-state index in [-0.39, 0.29) is 0 Å². The van der Waals surface area contributed by atoms with Gasteiger partial charge in [0.15, 0.2) is 11.5 Å². The van der Waals surface area contributed by atoms with Crippen molar-refractivity contribution < 1.29 is 23.7 Å². The molecule has 2 heterocycles. The van der Waals surface area contributed by atoms with Crippen LogP contribution in [0.1, 0.15) is 64.0 Å². The van der Waals surface area contributed by atoms with Crippen molar-refractivity contribution in [2.45, 2.75) is 58.4 Å². The fourth-order valence-electron chi connectivity index (χ4n) is 4.11. The van der Waals surface area contributed by atoms with E-state index < -0.39 is 12.0 Å². The molecule has 9 nitrogen and oxygen atoms in total. The largest absolute Gasteiger partial charge is 0.493 e. The number of rotatable bonds is 12. The first-order valence-electron chi connectivity index (χ1n) is 11.4. The van der Waals surface area contributed by atoms with E-state index in [1.807, 2.05) is 13.0 Å². The average molecular weight is 459 g/mol. The van der Waals surface area contributed by atoms with E-state index in [0.717, 1.165) is 19.3 Å². The molecule has 180 valence electrons. The summed E-state index contributed by atoms with van der Waals surface area (Å²) in [4.78, 5) is 17.5. The van der Waals surface area contributed by atoms with Crippen molar-refractivity contribution in [3.05, 3.63) is 35.3 Å². The smallest absolute Gasteiger partial charge is 0.338 e. The van der Waals surface area contributed by atoms with Gasteiger partial charge in [0.05, 0.1) is 33.5 Å². The second kappa shape index (κ2) is 11.6. The van der Waals surface area contributed by atoms with Gasteiger partial charge in [0, 0.05) is 11.3 Å². The third kappa shape index (κ3) is 5.23. The summed E-state index contributed by atoms with van der Waals surface area (Å²) in [5.41, 5.74) is 1.80. The zero-order valence-electron chi connectivity index (χ0n) is 20.1. The van der Waals surface area contributed by atoms with E-state index in [4.69, 9.17) is 18.9 Å². The number of allylic oxidation sites excluding steroid dienone is 1. The van der Waals surface area contributed by atoms with Gasteiger partial charge in [0.2, 0.25) is 11.7 Å². The fourth-order valence-corrected chi connectivity index (χ4v) is 4.11. The number of ether oxygens (including phenoxy) is 4. The van der Waals surface area contributed by atoms with Crippen molar-refractivity contribution >= 4 is 11.9 Å². The van der Waals surface area contributed by atoms with Gasteiger partial charge in [-0.3, -0.25) is 0 Å². The summed E-state index contributed by atoms with van der Waals surface area (Å²) in [7, 11) is 4.66. The fraction of sp³-hybridized carbons (Fsp3) is 0.542. The molecule has 0 aliphatic carbocycles. The Bertz CT molecular complexity index is 985. The maximum Gasteiger partial charge on any atom is 0.338 e. The number of nitrogens with zero attached hydrogens (tertiary/aromatic N) is 3. The highest BCUT2D eigenvalue weighted by atomic mass is 16.5. The van der Waals surface area contributed by atoms with Crippen LogP contribution in [0.15, 0.2) is 29.7 Å². The summed E-state index contributed by atoms with van der Waals surface area (Å²) in [6, 6.07) is 3.02. The molecule has 0 saturated carbocycles. The van der Waals surface area contributed by atoms with Gasteiger partial charge >= 0.3 is 5.97 Å². The minimum atomic E-state index is -0.601. The monoisotopic (exact) mass is 458 g/mol. The molecule has 1 aromatic carbocycles. The van der Waals surface area contributed by atoms with Crippen LogP contribution in [-0.4, -0.2) is 48.7 Å². The molecule has 1 aromatic heterocycles. The van der Waals surface area contributed by atoms with E-state index in [1.54, 1.807) is 32.1 Å². The minimum Gasteiger partial charge on any atom is -0.493 e. The Kier molecular flexibility index (Phi) is 8.57. The lowest BCUT2D eigenvalue weighted by Crippen LogP contribution is -2.30. The normalized spacial score (nSPS) is 15.0. The van der Waals surface area contributed by atoms with Gasteiger partial charge in [0.1, 0.15) is 12.4 Å². The zero-order valence-corrected chi connectivity index (χ0v) is 20.1. The second-order valence-corrected chi connectivity index (χ2v) is 7.92. The Morgan fingerprint density at radius 3 is 2.45 bits per heavy atom. The molecule has 0 amide bonds. The Morgan fingerprint density at radius 2 is 1.76 bits per heavy atom. The van der Waals surface area contributed by atoms with Crippen molar-refractivity contribution in [1.82, 2.24) is 14.8 Å². The van der Waals surface area contributed by atoms with E-state index in [2.05, 4.69) is 22.3 Å². The number of carbonyl (C=O) groups excluding carboxylic acids is 1. The molecule has 0 saturated heterocycles. The predicted molar refractivity (Wildman–Crippen MR) is 125 cm³/mol. The Labute approximate surface area is 195 Å². The molecule has 9 heteroatoms. The van der Waals surface area contributed by atoms with Crippen LogP contribution in [0, 0.1) is 0 Å². The van der Waals surface area contributed by atoms with Gasteiger partial charge in [-0.25, -0.2) is 9.48 Å².